The number of piperazine rings is 1. The molecule has 0 bridgehead atoms. The van der Waals surface area contributed by atoms with Gasteiger partial charge in [-0.15, -0.1) is 0 Å². The van der Waals surface area contributed by atoms with Gasteiger partial charge < -0.3 is 15.1 Å². The van der Waals surface area contributed by atoms with Crippen LogP contribution in [-0.4, -0.2) is 37.0 Å². The lowest BCUT2D eigenvalue weighted by atomic mass is 10.0. The molecule has 3 rings (SSSR count). The summed E-state index contributed by atoms with van der Waals surface area (Å²) in [5, 5.41) is 12.5. The third kappa shape index (κ3) is 4.98. The van der Waals surface area contributed by atoms with Crippen LogP contribution in [-0.2, 0) is 17.6 Å². The normalized spacial score (nSPS) is 14.4. The summed E-state index contributed by atoms with van der Waals surface area (Å²) >= 11 is 0. The van der Waals surface area contributed by atoms with Crippen LogP contribution < -0.4 is 10.2 Å². The molecule has 2 aromatic carbocycles. The number of rotatable bonds is 6. The number of carbonyl (C=O) groups excluding carboxylic acids is 1. The molecule has 156 valence electrons. The van der Waals surface area contributed by atoms with Gasteiger partial charge in [-0.25, -0.2) is 4.39 Å². The van der Waals surface area contributed by atoms with Crippen molar-refractivity contribution in [2.24, 2.45) is 0 Å². The van der Waals surface area contributed by atoms with Gasteiger partial charge >= 0.3 is 0 Å². The van der Waals surface area contributed by atoms with E-state index < -0.39 is 0 Å². The van der Waals surface area contributed by atoms with Crippen molar-refractivity contribution in [1.82, 2.24) is 4.90 Å². The van der Waals surface area contributed by atoms with Crippen LogP contribution in [0.15, 0.2) is 54.2 Å². The van der Waals surface area contributed by atoms with E-state index in [9.17, 15) is 14.4 Å². The van der Waals surface area contributed by atoms with Crippen LogP contribution >= 0.6 is 0 Å². The summed E-state index contributed by atoms with van der Waals surface area (Å²) in [6, 6.07) is 14.5. The lowest BCUT2D eigenvalue weighted by Gasteiger charge is -2.35. The number of amides is 1. The summed E-state index contributed by atoms with van der Waals surface area (Å²) in [6.07, 6.45) is 3.26. The zero-order chi connectivity index (χ0) is 21.5. The molecule has 1 saturated heterocycles. The number of para-hydroxylation sites is 1. The van der Waals surface area contributed by atoms with Gasteiger partial charge in [-0.05, 0) is 48.2 Å². The lowest BCUT2D eigenvalue weighted by Crippen LogP contribution is -2.44. The Bertz CT molecular complexity index is 932. The van der Waals surface area contributed by atoms with Crippen molar-refractivity contribution in [2.75, 3.05) is 36.4 Å². The van der Waals surface area contributed by atoms with E-state index in [1.54, 1.807) is 18.3 Å². The minimum Gasteiger partial charge on any atom is -0.373 e. The van der Waals surface area contributed by atoms with Crippen molar-refractivity contribution >= 4 is 17.3 Å². The third-order valence-corrected chi connectivity index (χ3v) is 5.42. The first kappa shape index (κ1) is 21.4. The van der Waals surface area contributed by atoms with E-state index in [2.05, 4.69) is 10.2 Å². The Hall–Kier alpha value is -3.33. The first-order valence-corrected chi connectivity index (χ1v) is 10.3. The van der Waals surface area contributed by atoms with Crippen LogP contribution in [0.3, 0.4) is 0 Å². The fraction of sp³-hybridized carbons (Fsp3) is 0.333. The fourth-order valence-electron chi connectivity index (χ4n) is 3.67. The molecule has 0 spiro atoms. The quantitative estimate of drug-likeness (QED) is 0.579. The molecule has 1 fully saturated rings. The standard InChI is InChI=1S/C24H27FN4O/c1-3-18-6-5-7-19(4-2)23(18)27-24(30)20(16-26)17-28-12-14-29(15-13-28)22-10-8-21(25)9-11-22/h5-11,17H,3-4,12-15H2,1-2H3,(H,27,30)/b20-17-. The highest BCUT2D eigenvalue weighted by molar-refractivity contribution is 6.07. The van der Waals surface area contributed by atoms with Crippen molar-refractivity contribution < 1.29 is 9.18 Å². The number of nitrogens with zero attached hydrogens (tertiary/aromatic N) is 3. The van der Waals surface area contributed by atoms with E-state index in [0.717, 1.165) is 48.4 Å². The molecular weight excluding hydrogens is 379 g/mol. The largest absolute Gasteiger partial charge is 0.373 e. The molecule has 1 N–H and O–H groups in total. The highest BCUT2D eigenvalue weighted by Crippen LogP contribution is 2.23. The number of anilines is 2. The Labute approximate surface area is 177 Å². The Kier molecular flexibility index (Phi) is 7.08. The third-order valence-electron chi connectivity index (χ3n) is 5.42. The smallest absolute Gasteiger partial charge is 0.267 e. The van der Waals surface area contributed by atoms with E-state index in [1.807, 2.05) is 43.0 Å². The zero-order valence-corrected chi connectivity index (χ0v) is 17.5. The Morgan fingerprint density at radius 3 is 2.20 bits per heavy atom. The first-order chi connectivity index (χ1) is 14.5. The van der Waals surface area contributed by atoms with Crippen LogP contribution in [0.4, 0.5) is 15.8 Å². The van der Waals surface area contributed by atoms with Crippen LogP contribution in [0.2, 0.25) is 0 Å². The Morgan fingerprint density at radius 2 is 1.67 bits per heavy atom. The second-order valence-corrected chi connectivity index (χ2v) is 7.27. The molecule has 0 aliphatic carbocycles. The minimum absolute atomic E-state index is 0.0955. The van der Waals surface area contributed by atoms with Crippen LogP contribution in [0.25, 0.3) is 0 Å². The first-order valence-electron chi connectivity index (χ1n) is 10.3. The van der Waals surface area contributed by atoms with Crippen molar-refractivity contribution in [3.8, 4) is 6.07 Å². The average Bonchev–Trinajstić information content (AvgIpc) is 2.78. The van der Waals surface area contributed by atoms with Gasteiger partial charge in [0.1, 0.15) is 17.5 Å². The summed E-state index contributed by atoms with van der Waals surface area (Å²) in [5.41, 5.74) is 4.01. The second-order valence-electron chi connectivity index (χ2n) is 7.27. The van der Waals surface area contributed by atoms with E-state index >= 15 is 0 Å². The topological polar surface area (TPSA) is 59.4 Å². The van der Waals surface area contributed by atoms with Gasteiger partial charge in [-0.1, -0.05) is 32.0 Å². The highest BCUT2D eigenvalue weighted by Gasteiger charge is 2.19. The number of carbonyl (C=O) groups is 1. The van der Waals surface area contributed by atoms with E-state index in [0.29, 0.717) is 13.1 Å². The predicted octanol–water partition coefficient (Wildman–Crippen LogP) is 4.12. The predicted molar refractivity (Wildman–Crippen MR) is 118 cm³/mol. The number of aryl methyl sites for hydroxylation is 2. The molecule has 1 aliphatic rings. The molecule has 1 aliphatic heterocycles. The Morgan fingerprint density at radius 1 is 1.07 bits per heavy atom. The molecule has 6 heteroatoms. The van der Waals surface area contributed by atoms with Crippen molar-refractivity contribution in [2.45, 2.75) is 26.7 Å². The van der Waals surface area contributed by atoms with Gasteiger partial charge in [0.05, 0.1) is 0 Å². The van der Waals surface area contributed by atoms with Gasteiger partial charge in [-0.3, -0.25) is 4.79 Å². The van der Waals surface area contributed by atoms with Crippen molar-refractivity contribution in [3.05, 3.63) is 71.2 Å². The zero-order valence-electron chi connectivity index (χ0n) is 17.5. The van der Waals surface area contributed by atoms with Crippen molar-refractivity contribution in [1.29, 1.82) is 5.26 Å². The number of benzene rings is 2. The molecule has 0 aromatic heterocycles. The fourth-order valence-corrected chi connectivity index (χ4v) is 3.67. The number of nitrogens with one attached hydrogen (secondary N) is 1. The van der Waals surface area contributed by atoms with Crippen LogP contribution in [0.1, 0.15) is 25.0 Å². The molecule has 2 aromatic rings. The molecule has 0 atom stereocenters. The van der Waals surface area contributed by atoms with Gasteiger partial charge in [0.15, 0.2) is 0 Å². The molecular formula is C24H27FN4O. The number of hydrogen-bond acceptors (Lipinski definition) is 4. The summed E-state index contributed by atoms with van der Waals surface area (Å²) in [6.45, 7) is 6.93. The highest BCUT2D eigenvalue weighted by atomic mass is 19.1. The summed E-state index contributed by atoms with van der Waals surface area (Å²) in [4.78, 5) is 17.0. The maximum Gasteiger partial charge on any atom is 0.267 e. The molecule has 0 radical (unpaired) electrons. The van der Waals surface area contributed by atoms with Gasteiger partial charge in [0, 0.05) is 43.8 Å². The summed E-state index contributed by atoms with van der Waals surface area (Å²) in [5.74, 6) is -0.630. The maximum atomic E-state index is 13.1. The molecule has 0 saturated carbocycles. The summed E-state index contributed by atoms with van der Waals surface area (Å²) < 4.78 is 13.1. The van der Waals surface area contributed by atoms with E-state index in [4.69, 9.17) is 0 Å². The van der Waals surface area contributed by atoms with Gasteiger partial charge in [-0.2, -0.15) is 5.26 Å². The Balaban J connectivity index is 1.67. The van der Waals surface area contributed by atoms with Crippen LogP contribution in [0.5, 0.6) is 0 Å². The lowest BCUT2D eigenvalue weighted by molar-refractivity contribution is -0.112. The molecule has 1 amide bonds. The molecule has 1 heterocycles. The van der Waals surface area contributed by atoms with E-state index in [1.165, 1.54) is 12.1 Å². The second kappa shape index (κ2) is 9.93. The number of nitriles is 1. The minimum atomic E-state index is -0.380. The number of halogens is 1. The monoisotopic (exact) mass is 406 g/mol. The van der Waals surface area contributed by atoms with Gasteiger partial charge in [0.2, 0.25) is 0 Å². The summed E-state index contributed by atoms with van der Waals surface area (Å²) in [7, 11) is 0. The number of hydrogen-bond donors (Lipinski definition) is 1. The molecule has 30 heavy (non-hydrogen) atoms. The van der Waals surface area contributed by atoms with Gasteiger partial charge in [0.25, 0.3) is 5.91 Å². The maximum absolute atomic E-state index is 13.1. The van der Waals surface area contributed by atoms with Crippen molar-refractivity contribution in [3.63, 3.8) is 0 Å². The SMILES string of the molecule is CCc1cccc(CC)c1NC(=O)/C(C#N)=C\N1CCN(c2ccc(F)cc2)CC1. The molecule has 0 unspecified atom stereocenters. The van der Waals surface area contributed by atoms with E-state index in [-0.39, 0.29) is 17.3 Å². The average molecular weight is 407 g/mol. The molecule has 5 nitrogen and oxygen atoms in total. The van der Waals surface area contributed by atoms with Crippen LogP contribution in [0, 0.1) is 17.1 Å².